The molecule has 0 N–H and O–H groups in total. The third kappa shape index (κ3) is 1.52. The van der Waals surface area contributed by atoms with Crippen LogP contribution in [0.5, 0.6) is 0 Å². The molecule has 0 radical (unpaired) electrons. The second-order valence-corrected chi connectivity index (χ2v) is 6.17. The Bertz CT molecular complexity index is 725. The number of hydrogen-bond acceptors (Lipinski definition) is 8. The molecule has 1 aliphatic carbocycles. The van der Waals surface area contributed by atoms with Crippen LogP contribution in [0.1, 0.15) is 43.3 Å². The molecular formula is C14H13N3O5. The number of ether oxygens (including phenoxy) is 2. The standard InChI is InChI=1S/C14H13N3O5/c18-12-13(19)21-14-3-5-17(6-4-14)11(20-12)8(14)10-15-9(16-22-10)7-1-2-7/h7H,1-6H2. The van der Waals surface area contributed by atoms with E-state index in [0.29, 0.717) is 55.0 Å². The molecule has 5 aliphatic rings. The summed E-state index contributed by atoms with van der Waals surface area (Å²) in [6.07, 6.45) is 3.31. The van der Waals surface area contributed by atoms with Gasteiger partial charge in [0.05, 0.1) is 0 Å². The summed E-state index contributed by atoms with van der Waals surface area (Å²) < 4.78 is 16.1. The topological polar surface area (TPSA) is 94.8 Å². The third-order valence-corrected chi connectivity index (χ3v) is 4.77. The summed E-state index contributed by atoms with van der Waals surface area (Å²) in [4.78, 5) is 29.9. The third-order valence-electron chi connectivity index (χ3n) is 4.77. The quantitative estimate of drug-likeness (QED) is 0.578. The largest absolute Gasteiger partial charge is 0.445 e. The lowest BCUT2D eigenvalue weighted by Gasteiger charge is -2.46. The molecule has 22 heavy (non-hydrogen) atoms. The first-order valence-corrected chi connectivity index (χ1v) is 7.45. The number of aromatic nitrogens is 2. The molecule has 1 spiro atoms. The summed E-state index contributed by atoms with van der Waals surface area (Å²) in [5.74, 6) is -0.300. The highest BCUT2D eigenvalue weighted by Gasteiger charge is 2.56. The molecule has 1 aromatic heterocycles. The summed E-state index contributed by atoms with van der Waals surface area (Å²) in [6, 6.07) is 0. The van der Waals surface area contributed by atoms with Crippen molar-refractivity contribution >= 4 is 17.5 Å². The lowest BCUT2D eigenvalue weighted by atomic mass is 9.80. The fourth-order valence-electron chi connectivity index (χ4n) is 3.42. The van der Waals surface area contributed by atoms with Crippen LogP contribution in [0.4, 0.5) is 0 Å². The van der Waals surface area contributed by atoms with Crippen LogP contribution < -0.4 is 0 Å². The minimum absolute atomic E-state index is 0.295. The van der Waals surface area contributed by atoms with Crippen molar-refractivity contribution in [1.82, 2.24) is 15.0 Å². The highest BCUT2D eigenvalue weighted by molar-refractivity contribution is 6.30. The number of nitrogens with zero attached hydrogens (tertiary/aromatic N) is 3. The van der Waals surface area contributed by atoms with Crippen LogP contribution in [0.25, 0.3) is 5.57 Å². The Balaban J connectivity index is 1.68. The summed E-state index contributed by atoms with van der Waals surface area (Å²) in [5.41, 5.74) is -0.343. The highest BCUT2D eigenvalue weighted by Crippen LogP contribution is 2.49. The number of esters is 2. The van der Waals surface area contributed by atoms with E-state index in [1.807, 2.05) is 4.90 Å². The van der Waals surface area contributed by atoms with E-state index in [2.05, 4.69) is 10.1 Å². The van der Waals surface area contributed by atoms with E-state index in [1.54, 1.807) is 0 Å². The Morgan fingerprint density at radius 3 is 2.64 bits per heavy atom. The number of fused-ring (bicyclic) bond motifs is 2. The minimum atomic E-state index is -0.995. The van der Waals surface area contributed by atoms with Gasteiger partial charge in [-0.25, -0.2) is 9.59 Å². The molecule has 1 saturated heterocycles. The molecule has 5 heterocycles. The van der Waals surface area contributed by atoms with E-state index in [4.69, 9.17) is 14.0 Å². The normalized spacial score (nSPS) is 25.9. The Kier molecular flexibility index (Phi) is 2.15. The van der Waals surface area contributed by atoms with Crippen LogP contribution in [-0.4, -0.2) is 45.7 Å². The molecule has 0 atom stereocenters. The average molecular weight is 303 g/mol. The summed E-state index contributed by atoms with van der Waals surface area (Å²) in [5, 5.41) is 4.01. The van der Waals surface area contributed by atoms with E-state index in [1.165, 1.54) is 0 Å². The predicted molar refractivity (Wildman–Crippen MR) is 68.9 cm³/mol. The second-order valence-electron chi connectivity index (χ2n) is 6.17. The van der Waals surface area contributed by atoms with E-state index in [-0.39, 0.29) is 0 Å². The fraction of sp³-hybridized carbons (Fsp3) is 0.571. The molecule has 0 aromatic carbocycles. The lowest BCUT2D eigenvalue weighted by molar-refractivity contribution is -0.169. The first-order chi connectivity index (χ1) is 10.7. The molecule has 6 rings (SSSR count). The molecule has 4 aliphatic heterocycles. The molecule has 114 valence electrons. The van der Waals surface area contributed by atoms with Crippen LogP contribution in [0.2, 0.25) is 0 Å². The van der Waals surface area contributed by atoms with Gasteiger partial charge in [0.15, 0.2) is 11.4 Å². The van der Waals surface area contributed by atoms with Gasteiger partial charge in [-0.05, 0) is 12.8 Å². The summed E-state index contributed by atoms with van der Waals surface area (Å²) in [6.45, 7) is 1.34. The van der Waals surface area contributed by atoms with Gasteiger partial charge in [-0.1, -0.05) is 5.16 Å². The molecule has 1 aromatic rings. The fourth-order valence-corrected chi connectivity index (χ4v) is 3.42. The summed E-state index contributed by atoms with van der Waals surface area (Å²) >= 11 is 0. The molecule has 3 bridgehead atoms. The zero-order chi connectivity index (χ0) is 14.9. The van der Waals surface area contributed by atoms with Gasteiger partial charge < -0.3 is 18.9 Å². The van der Waals surface area contributed by atoms with Crippen molar-refractivity contribution in [3.63, 3.8) is 0 Å². The van der Waals surface area contributed by atoms with E-state index >= 15 is 0 Å². The van der Waals surface area contributed by atoms with Crippen molar-refractivity contribution < 1.29 is 23.6 Å². The highest BCUT2D eigenvalue weighted by atomic mass is 16.6. The number of piperidine rings is 1. The van der Waals surface area contributed by atoms with Gasteiger partial charge in [-0.3, -0.25) is 0 Å². The van der Waals surface area contributed by atoms with E-state index in [9.17, 15) is 9.59 Å². The smallest absolute Gasteiger partial charge is 0.424 e. The van der Waals surface area contributed by atoms with Gasteiger partial charge in [0.25, 0.3) is 5.89 Å². The van der Waals surface area contributed by atoms with Gasteiger partial charge in [-0.15, -0.1) is 0 Å². The van der Waals surface area contributed by atoms with Crippen LogP contribution >= 0.6 is 0 Å². The molecule has 0 amide bonds. The van der Waals surface area contributed by atoms with Crippen LogP contribution in [0, 0.1) is 0 Å². The maximum atomic E-state index is 11.8. The van der Waals surface area contributed by atoms with Gasteiger partial charge in [0.2, 0.25) is 5.88 Å². The van der Waals surface area contributed by atoms with Crippen molar-refractivity contribution in [2.75, 3.05) is 13.1 Å². The Labute approximate surface area is 125 Å². The summed E-state index contributed by atoms with van der Waals surface area (Å²) in [7, 11) is 0. The molecule has 2 fully saturated rings. The van der Waals surface area contributed by atoms with Crippen molar-refractivity contribution in [3.8, 4) is 0 Å². The molecule has 8 nitrogen and oxygen atoms in total. The van der Waals surface area contributed by atoms with Crippen LogP contribution in [0.15, 0.2) is 10.4 Å². The van der Waals surface area contributed by atoms with E-state index in [0.717, 1.165) is 12.8 Å². The Morgan fingerprint density at radius 1 is 1.14 bits per heavy atom. The van der Waals surface area contributed by atoms with Crippen LogP contribution in [0.3, 0.4) is 0 Å². The number of carbonyl (C=O) groups excluding carboxylic acids is 2. The predicted octanol–water partition coefficient (Wildman–Crippen LogP) is 0.564. The number of rotatable bonds is 2. The maximum absolute atomic E-state index is 11.8. The molecule has 1 saturated carbocycles. The van der Waals surface area contributed by atoms with Gasteiger partial charge in [0, 0.05) is 31.8 Å². The zero-order valence-electron chi connectivity index (χ0n) is 11.7. The Hall–Kier alpha value is -2.38. The zero-order valence-corrected chi connectivity index (χ0v) is 11.7. The molecule has 0 unspecified atom stereocenters. The van der Waals surface area contributed by atoms with Crippen LogP contribution in [-0.2, 0) is 19.1 Å². The van der Waals surface area contributed by atoms with Crippen molar-refractivity contribution in [2.45, 2.75) is 37.2 Å². The minimum Gasteiger partial charge on any atom is -0.445 e. The average Bonchev–Trinajstić information content (AvgIpc) is 3.26. The molecule has 8 heteroatoms. The van der Waals surface area contributed by atoms with Crippen molar-refractivity contribution in [2.24, 2.45) is 0 Å². The van der Waals surface area contributed by atoms with Gasteiger partial charge in [-0.2, -0.15) is 4.98 Å². The SMILES string of the molecule is O=C1OC2=C(c3nc(C4CC4)no3)C3(CCN2CC3)OC1=O. The maximum Gasteiger partial charge on any atom is 0.424 e. The first kappa shape index (κ1) is 12.2. The Morgan fingerprint density at radius 2 is 1.91 bits per heavy atom. The van der Waals surface area contributed by atoms with Crippen molar-refractivity contribution in [1.29, 1.82) is 0 Å². The number of carbonyl (C=O) groups is 2. The lowest BCUT2D eigenvalue weighted by Crippen LogP contribution is -2.52. The van der Waals surface area contributed by atoms with E-state index < -0.39 is 17.5 Å². The van der Waals surface area contributed by atoms with Gasteiger partial charge >= 0.3 is 11.9 Å². The molecular weight excluding hydrogens is 290 g/mol. The van der Waals surface area contributed by atoms with Crippen molar-refractivity contribution in [3.05, 3.63) is 17.6 Å². The monoisotopic (exact) mass is 303 g/mol. The second kappa shape index (κ2) is 3.88. The van der Waals surface area contributed by atoms with Gasteiger partial charge in [0.1, 0.15) is 5.57 Å². The first-order valence-electron chi connectivity index (χ1n) is 7.45. The number of hydrogen-bond donors (Lipinski definition) is 0.